The molecule has 0 radical (unpaired) electrons. The van der Waals surface area contributed by atoms with Crippen molar-refractivity contribution in [2.45, 2.75) is 39.5 Å². The van der Waals surface area contributed by atoms with Gasteiger partial charge in [0.2, 0.25) is 11.8 Å². The van der Waals surface area contributed by atoms with E-state index in [1.54, 1.807) is 17.2 Å². The average molecular weight is 347 g/mol. The van der Waals surface area contributed by atoms with Crippen LogP contribution in [0.4, 0.5) is 4.39 Å². The Kier molecular flexibility index (Phi) is 4.85. The lowest BCUT2D eigenvalue weighted by Crippen LogP contribution is -2.38. The van der Waals surface area contributed by atoms with Crippen molar-refractivity contribution < 1.29 is 18.4 Å². The number of rotatable bonds is 3. The van der Waals surface area contributed by atoms with E-state index in [9.17, 15) is 9.18 Å². The van der Waals surface area contributed by atoms with Gasteiger partial charge < -0.3 is 9.25 Å². The van der Waals surface area contributed by atoms with Gasteiger partial charge in [-0.15, -0.1) is 15.3 Å². The van der Waals surface area contributed by atoms with E-state index >= 15 is 0 Å². The number of carbonyl (C=O) groups is 1. The normalized spacial score (nSPS) is 16.8. The summed E-state index contributed by atoms with van der Waals surface area (Å²) in [5.41, 5.74) is 0.171. The van der Waals surface area contributed by atoms with Gasteiger partial charge in [0.15, 0.2) is 0 Å². The number of halogens is 1. The number of piperidine rings is 1. The third-order valence-electron chi connectivity index (χ3n) is 4.16. The van der Waals surface area contributed by atoms with Gasteiger partial charge in [-0.3, -0.25) is 0 Å². The first-order valence-electron chi connectivity index (χ1n) is 8.39. The fourth-order valence-electron chi connectivity index (χ4n) is 2.56. The van der Waals surface area contributed by atoms with E-state index in [0.29, 0.717) is 30.4 Å². The van der Waals surface area contributed by atoms with E-state index in [2.05, 4.69) is 10.2 Å². The summed E-state index contributed by atoms with van der Waals surface area (Å²) in [5, 5.41) is 9.88. The number of hydroxylamine groups is 2. The number of aromatic nitrogens is 2. The first kappa shape index (κ1) is 17.5. The van der Waals surface area contributed by atoms with Crippen molar-refractivity contribution in [1.29, 1.82) is 0 Å². The number of benzene rings is 1. The largest absolute Gasteiger partial charge is 0.420 e. The molecular weight excluding hydrogens is 325 g/mol. The van der Waals surface area contributed by atoms with Gasteiger partial charge in [0, 0.05) is 24.6 Å². The van der Waals surface area contributed by atoms with E-state index in [1.165, 1.54) is 12.1 Å². The maximum atomic E-state index is 13.0. The van der Waals surface area contributed by atoms with Gasteiger partial charge in [0.05, 0.1) is 5.41 Å². The van der Waals surface area contributed by atoms with Gasteiger partial charge in [0.1, 0.15) is 5.82 Å². The molecule has 1 aliphatic heterocycles. The molecule has 1 aromatic carbocycles. The molecule has 0 N–H and O–H groups in total. The van der Waals surface area contributed by atoms with Gasteiger partial charge in [0.25, 0.3) is 0 Å². The van der Waals surface area contributed by atoms with Crippen LogP contribution in [-0.2, 0) is 9.63 Å². The van der Waals surface area contributed by atoms with E-state index in [-0.39, 0.29) is 17.7 Å². The maximum Gasteiger partial charge on any atom is 0.330 e. The minimum Gasteiger partial charge on any atom is -0.420 e. The first-order valence-corrected chi connectivity index (χ1v) is 8.39. The molecule has 1 aliphatic rings. The van der Waals surface area contributed by atoms with Crippen LogP contribution in [-0.4, -0.2) is 34.3 Å². The highest BCUT2D eigenvalue weighted by atomic mass is 19.1. The molecule has 1 aromatic heterocycles. The van der Waals surface area contributed by atoms with E-state index in [4.69, 9.17) is 9.25 Å². The van der Waals surface area contributed by atoms with Crippen molar-refractivity contribution in [3.63, 3.8) is 0 Å². The topological polar surface area (TPSA) is 68.5 Å². The lowest BCUT2D eigenvalue weighted by molar-refractivity contribution is -0.204. The lowest BCUT2D eigenvalue weighted by Gasteiger charge is -2.30. The number of carbonyl (C=O) groups excluding carboxylic acids is 1. The molecule has 25 heavy (non-hydrogen) atoms. The summed E-state index contributed by atoms with van der Waals surface area (Å²) in [7, 11) is 0. The standard InChI is InChI=1S/C18H22FN3O3/c1-18(2,3)17(23)25-22-10-8-13(9-11-22)16-21-20-15(24-16)12-4-6-14(19)7-5-12/h4-7,13H,8-11H2,1-3H3. The van der Waals surface area contributed by atoms with Gasteiger partial charge in [-0.25, -0.2) is 9.18 Å². The van der Waals surface area contributed by atoms with Crippen LogP contribution in [0.15, 0.2) is 28.7 Å². The second-order valence-electron chi connectivity index (χ2n) is 7.28. The molecule has 0 atom stereocenters. The molecule has 0 bridgehead atoms. The minimum atomic E-state index is -0.520. The number of nitrogens with zero attached hydrogens (tertiary/aromatic N) is 3. The third-order valence-corrected chi connectivity index (χ3v) is 4.16. The SMILES string of the molecule is CC(C)(C)C(=O)ON1CCC(c2nnc(-c3ccc(F)cc3)o2)CC1. The fraction of sp³-hybridized carbons (Fsp3) is 0.500. The summed E-state index contributed by atoms with van der Waals surface area (Å²) < 4.78 is 18.7. The molecule has 2 aromatic rings. The summed E-state index contributed by atoms with van der Waals surface area (Å²) in [5.74, 6) is 0.548. The minimum absolute atomic E-state index is 0.131. The lowest BCUT2D eigenvalue weighted by atomic mass is 9.97. The Balaban J connectivity index is 1.58. The molecule has 3 rings (SSSR count). The smallest absolute Gasteiger partial charge is 0.330 e. The van der Waals surface area contributed by atoms with Crippen LogP contribution >= 0.6 is 0 Å². The molecule has 0 spiro atoms. The second kappa shape index (κ2) is 6.92. The van der Waals surface area contributed by atoms with Crippen molar-refractivity contribution in [2.24, 2.45) is 5.41 Å². The van der Waals surface area contributed by atoms with Gasteiger partial charge in [-0.2, -0.15) is 0 Å². The second-order valence-corrected chi connectivity index (χ2v) is 7.28. The predicted molar refractivity (Wildman–Crippen MR) is 88.8 cm³/mol. The van der Waals surface area contributed by atoms with Gasteiger partial charge >= 0.3 is 5.97 Å². The van der Waals surface area contributed by atoms with E-state index in [0.717, 1.165) is 12.8 Å². The molecule has 0 aliphatic carbocycles. The third kappa shape index (κ3) is 4.22. The Hall–Kier alpha value is -2.28. The molecule has 1 saturated heterocycles. The molecule has 7 heteroatoms. The summed E-state index contributed by atoms with van der Waals surface area (Å²) in [6.07, 6.45) is 1.53. The molecule has 0 saturated carbocycles. The summed E-state index contributed by atoms with van der Waals surface area (Å²) in [4.78, 5) is 17.4. The van der Waals surface area contributed by atoms with Crippen LogP contribution in [0.25, 0.3) is 11.5 Å². The van der Waals surface area contributed by atoms with Crippen LogP contribution in [0.1, 0.15) is 45.4 Å². The molecule has 1 fully saturated rings. The van der Waals surface area contributed by atoms with Crippen molar-refractivity contribution in [2.75, 3.05) is 13.1 Å². The van der Waals surface area contributed by atoms with Crippen molar-refractivity contribution >= 4 is 5.97 Å². The highest BCUT2D eigenvalue weighted by Gasteiger charge is 2.30. The van der Waals surface area contributed by atoms with E-state index in [1.807, 2.05) is 20.8 Å². The summed E-state index contributed by atoms with van der Waals surface area (Å²) in [6.45, 7) is 6.74. The highest BCUT2D eigenvalue weighted by Crippen LogP contribution is 2.30. The summed E-state index contributed by atoms with van der Waals surface area (Å²) in [6, 6.07) is 5.95. The van der Waals surface area contributed by atoms with Gasteiger partial charge in [-0.05, 0) is 57.9 Å². The quantitative estimate of drug-likeness (QED) is 0.846. The van der Waals surface area contributed by atoms with Crippen LogP contribution in [0.3, 0.4) is 0 Å². The van der Waals surface area contributed by atoms with Crippen molar-refractivity contribution in [3.05, 3.63) is 36.0 Å². The summed E-state index contributed by atoms with van der Waals surface area (Å²) >= 11 is 0. The Morgan fingerprint density at radius 1 is 1.20 bits per heavy atom. The Labute approximate surface area is 145 Å². The van der Waals surface area contributed by atoms with E-state index < -0.39 is 5.41 Å². The maximum absolute atomic E-state index is 13.0. The van der Waals surface area contributed by atoms with Crippen LogP contribution in [0.2, 0.25) is 0 Å². The number of hydrogen-bond donors (Lipinski definition) is 0. The van der Waals surface area contributed by atoms with Gasteiger partial charge in [-0.1, -0.05) is 0 Å². The molecule has 134 valence electrons. The average Bonchev–Trinajstić information content (AvgIpc) is 3.05. The van der Waals surface area contributed by atoms with Crippen LogP contribution < -0.4 is 0 Å². The Morgan fingerprint density at radius 2 is 1.84 bits per heavy atom. The Morgan fingerprint density at radius 3 is 2.44 bits per heavy atom. The monoisotopic (exact) mass is 347 g/mol. The van der Waals surface area contributed by atoms with Crippen molar-refractivity contribution in [3.8, 4) is 11.5 Å². The predicted octanol–water partition coefficient (Wildman–Crippen LogP) is 3.56. The molecular formula is C18H22FN3O3. The number of hydrogen-bond acceptors (Lipinski definition) is 6. The van der Waals surface area contributed by atoms with Crippen LogP contribution in [0, 0.1) is 11.2 Å². The first-order chi connectivity index (χ1) is 11.8. The van der Waals surface area contributed by atoms with Crippen LogP contribution in [0.5, 0.6) is 0 Å². The van der Waals surface area contributed by atoms with Crippen molar-refractivity contribution in [1.82, 2.24) is 15.3 Å². The fourth-order valence-corrected chi connectivity index (χ4v) is 2.56. The molecule has 2 heterocycles. The molecule has 6 nitrogen and oxygen atoms in total. The zero-order valence-electron chi connectivity index (χ0n) is 14.7. The zero-order chi connectivity index (χ0) is 18.0. The zero-order valence-corrected chi connectivity index (χ0v) is 14.7. The molecule has 0 unspecified atom stereocenters. The Bertz CT molecular complexity index is 729. The molecule has 0 amide bonds. The highest BCUT2D eigenvalue weighted by molar-refractivity contribution is 5.75.